The van der Waals surface area contributed by atoms with Crippen molar-refractivity contribution in [1.29, 1.82) is 0 Å². The summed E-state index contributed by atoms with van der Waals surface area (Å²) in [5, 5.41) is 5.76. The van der Waals surface area contributed by atoms with Gasteiger partial charge >= 0.3 is 0 Å². The minimum Gasteiger partial charge on any atom is -0.497 e. The molecule has 1 aromatic heterocycles. The zero-order valence-electron chi connectivity index (χ0n) is 11.1. The molecule has 6 heteroatoms. The zero-order valence-corrected chi connectivity index (χ0v) is 11.9. The summed E-state index contributed by atoms with van der Waals surface area (Å²) in [4.78, 5) is 12.3. The van der Waals surface area contributed by atoms with E-state index in [-0.39, 0.29) is 5.91 Å². The molecule has 2 rings (SSSR count). The lowest BCUT2D eigenvalue weighted by Crippen LogP contribution is -2.16. The zero-order chi connectivity index (χ0) is 14.4. The molecule has 0 atom stereocenters. The number of thiophene rings is 1. The second-order valence-electron chi connectivity index (χ2n) is 3.82. The molecule has 2 aromatic rings. The van der Waals surface area contributed by atoms with Gasteiger partial charge in [0.25, 0.3) is 5.91 Å². The van der Waals surface area contributed by atoms with Crippen LogP contribution in [0.4, 0.5) is 0 Å². The summed E-state index contributed by atoms with van der Waals surface area (Å²) in [6, 6.07) is 8.91. The van der Waals surface area contributed by atoms with E-state index < -0.39 is 0 Å². The molecule has 0 radical (unpaired) electrons. The number of methoxy groups -OCH3 is 2. The number of ether oxygens (including phenoxy) is 2. The molecule has 1 aromatic carbocycles. The number of hydrogen-bond acceptors (Lipinski definition) is 5. The van der Waals surface area contributed by atoms with Crippen LogP contribution in [0.5, 0.6) is 11.5 Å². The van der Waals surface area contributed by atoms with Crippen LogP contribution >= 0.6 is 11.3 Å². The first-order valence-electron chi connectivity index (χ1n) is 5.83. The molecule has 0 spiro atoms. The maximum atomic E-state index is 11.7. The van der Waals surface area contributed by atoms with E-state index in [1.54, 1.807) is 38.5 Å². The van der Waals surface area contributed by atoms with Gasteiger partial charge in [-0.15, -0.1) is 11.3 Å². The number of hydrazone groups is 1. The summed E-state index contributed by atoms with van der Waals surface area (Å²) in [6.07, 6.45) is 1.54. The molecule has 1 N–H and O–H groups in total. The highest BCUT2D eigenvalue weighted by Gasteiger charge is 2.04. The Balaban J connectivity index is 2.05. The van der Waals surface area contributed by atoms with E-state index in [9.17, 15) is 4.79 Å². The lowest BCUT2D eigenvalue weighted by atomic mass is 10.2. The second-order valence-corrected chi connectivity index (χ2v) is 4.77. The van der Waals surface area contributed by atoms with E-state index in [0.29, 0.717) is 16.4 Å². The summed E-state index contributed by atoms with van der Waals surface area (Å²) in [5.74, 6) is 1.09. The SMILES string of the molecule is COc1cc(/C=N/NC(=O)c2cccs2)cc(OC)c1. The summed E-state index contributed by atoms with van der Waals surface area (Å²) in [5.41, 5.74) is 3.24. The third kappa shape index (κ3) is 3.58. The van der Waals surface area contributed by atoms with Crippen molar-refractivity contribution in [2.75, 3.05) is 14.2 Å². The van der Waals surface area contributed by atoms with Crippen molar-refractivity contribution in [1.82, 2.24) is 5.43 Å². The predicted octanol–water partition coefficient (Wildman–Crippen LogP) is 2.53. The van der Waals surface area contributed by atoms with Gasteiger partial charge in [-0.1, -0.05) is 6.07 Å². The number of amides is 1. The van der Waals surface area contributed by atoms with E-state index in [2.05, 4.69) is 10.5 Å². The van der Waals surface area contributed by atoms with Gasteiger partial charge in [-0.25, -0.2) is 5.43 Å². The van der Waals surface area contributed by atoms with Gasteiger partial charge in [0, 0.05) is 11.6 Å². The highest BCUT2D eigenvalue weighted by Crippen LogP contribution is 2.21. The van der Waals surface area contributed by atoms with Gasteiger partial charge < -0.3 is 9.47 Å². The average molecular weight is 290 g/mol. The Morgan fingerprint density at radius 3 is 2.50 bits per heavy atom. The van der Waals surface area contributed by atoms with Gasteiger partial charge in [0.15, 0.2) is 0 Å². The molecular weight excluding hydrogens is 276 g/mol. The number of hydrogen-bond donors (Lipinski definition) is 1. The van der Waals surface area contributed by atoms with Crippen LogP contribution < -0.4 is 14.9 Å². The molecule has 0 saturated carbocycles. The highest BCUT2D eigenvalue weighted by atomic mass is 32.1. The predicted molar refractivity (Wildman–Crippen MR) is 78.9 cm³/mol. The molecule has 1 amide bonds. The Morgan fingerprint density at radius 2 is 1.95 bits per heavy atom. The van der Waals surface area contributed by atoms with E-state index in [1.807, 2.05) is 11.4 Å². The fourth-order valence-electron chi connectivity index (χ4n) is 1.53. The van der Waals surface area contributed by atoms with Crippen molar-refractivity contribution in [3.63, 3.8) is 0 Å². The standard InChI is InChI=1S/C14H14N2O3S/c1-18-11-6-10(7-12(8-11)19-2)9-15-16-14(17)13-4-3-5-20-13/h3-9H,1-2H3,(H,16,17)/b15-9+. The largest absolute Gasteiger partial charge is 0.497 e. The van der Waals surface area contributed by atoms with Gasteiger partial charge in [-0.3, -0.25) is 4.79 Å². The Labute approximate surface area is 120 Å². The van der Waals surface area contributed by atoms with E-state index in [0.717, 1.165) is 5.56 Å². The third-order valence-corrected chi connectivity index (χ3v) is 3.37. The molecule has 0 saturated heterocycles. The van der Waals surface area contributed by atoms with Gasteiger partial charge in [0.05, 0.1) is 25.3 Å². The molecule has 20 heavy (non-hydrogen) atoms. The van der Waals surface area contributed by atoms with Crippen LogP contribution in [0.1, 0.15) is 15.2 Å². The highest BCUT2D eigenvalue weighted by molar-refractivity contribution is 7.12. The van der Waals surface area contributed by atoms with Crippen LogP contribution in [0.15, 0.2) is 40.8 Å². The summed E-state index contributed by atoms with van der Waals surface area (Å²) < 4.78 is 10.3. The van der Waals surface area contributed by atoms with E-state index in [4.69, 9.17) is 9.47 Å². The van der Waals surface area contributed by atoms with Crippen molar-refractivity contribution < 1.29 is 14.3 Å². The molecule has 5 nitrogen and oxygen atoms in total. The monoisotopic (exact) mass is 290 g/mol. The Bertz CT molecular complexity index is 587. The number of nitrogens with zero attached hydrogens (tertiary/aromatic N) is 1. The summed E-state index contributed by atoms with van der Waals surface area (Å²) in [6.45, 7) is 0. The molecule has 0 aliphatic carbocycles. The van der Waals surface area contributed by atoms with Gasteiger partial charge in [-0.2, -0.15) is 5.10 Å². The molecule has 0 fully saturated rings. The minimum atomic E-state index is -0.230. The van der Waals surface area contributed by atoms with Crippen molar-refractivity contribution in [3.05, 3.63) is 46.2 Å². The minimum absolute atomic E-state index is 0.230. The number of nitrogens with one attached hydrogen (secondary N) is 1. The maximum absolute atomic E-state index is 11.7. The molecule has 104 valence electrons. The molecule has 0 aliphatic rings. The quantitative estimate of drug-likeness (QED) is 0.680. The molecule has 0 unspecified atom stereocenters. The first-order chi connectivity index (χ1) is 9.72. The van der Waals surface area contributed by atoms with Crippen molar-refractivity contribution in [2.24, 2.45) is 5.10 Å². The molecular formula is C14H14N2O3S. The molecule has 0 aliphatic heterocycles. The lowest BCUT2D eigenvalue weighted by molar-refractivity contribution is 0.0959. The Kier molecular flexibility index (Phi) is 4.73. The Morgan fingerprint density at radius 1 is 1.25 bits per heavy atom. The van der Waals surface area contributed by atoms with Crippen molar-refractivity contribution >= 4 is 23.5 Å². The lowest BCUT2D eigenvalue weighted by Gasteiger charge is -2.05. The van der Waals surface area contributed by atoms with Crippen LogP contribution in [0.3, 0.4) is 0 Å². The van der Waals surface area contributed by atoms with Crippen LogP contribution in [0.2, 0.25) is 0 Å². The maximum Gasteiger partial charge on any atom is 0.281 e. The number of rotatable bonds is 5. The topological polar surface area (TPSA) is 59.9 Å². The number of carbonyl (C=O) groups is 1. The van der Waals surface area contributed by atoms with E-state index in [1.165, 1.54) is 17.6 Å². The Hall–Kier alpha value is -2.34. The van der Waals surface area contributed by atoms with Crippen LogP contribution in [-0.2, 0) is 0 Å². The average Bonchev–Trinajstić information content (AvgIpc) is 3.01. The summed E-state index contributed by atoms with van der Waals surface area (Å²) in [7, 11) is 3.16. The molecule has 1 heterocycles. The third-order valence-electron chi connectivity index (χ3n) is 2.50. The van der Waals surface area contributed by atoms with E-state index >= 15 is 0 Å². The fourth-order valence-corrected chi connectivity index (χ4v) is 2.15. The molecule has 0 bridgehead atoms. The van der Waals surface area contributed by atoms with Gasteiger partial charge in [0.1, 0.15) is 11.5 Å². The van der Waals surface area contributed by atoms with Crippen molar-refractivity contribution in [3.8, 4) is 11.5 Å². The first-order valence-corrected chi connectivity index (χ1v) is 6.71. The first kappa shape index (κ1) is 14.1. The van der Waals surface area contributed by atoms with Crippen LogP contribution in [0, 0.1) is 0 Å². The number of carbonyl (C=O) groups excluding carboxylic acids is 1. The number of benzene rings is 1. The fraction of sp³-hybridized carbons (Fsp3) is 0.143. The van der Waals surface area contributed by atoms with Crippen molar-refractivity contribution in [2.45, 2.75) is 0 Å². The van der Waals surface area contributed by atoms with Crippen LogP contribution in [-0.4, -0.2) is 26.3 Å². The smallest absolute Gasteiger partial charge is 0.281 e. The summed E-state index contributed by atoms with van der Waals surface area (Å²) >= 11 is 1.36. The van der Waals surface area contributed by atoms with Gasteiger partial charge in [-0.05, 0) is 23.6 Å². The van der Waals surface area contributed by atoms with Gasteiger partial charge in [0.2, 0.25) is 0 Å². The van der Waals surface area contributed by atoms with Crippen LogP contribution in [0.25, 0.3) is 0 Å². The normalized spacial score (nSPS) is 10.5. The second kappa shape index (κ2) is 6.72.